The van der Waals surface area contributed by atoms with Crippen LogP contribution in [-0.2, 0) is 6.42 Å². The second-order valence-electron chi connectivity index (χ2n) is 3.39. The van der Waals surface area contributed by atoms with Gasteiger partial charge in [-0.05, 0) is 30.4 Å². The Balaban J connectivity index is 2.50. The Morgan fingerprint density at radius 3 is 2.69 bits per heavy atom. The van der Waals surface area contributed by atoms with Gasteiger partial charge >= 0.3 is 0 Å². The highest BCUT2D eigenvalue weighted by molar-refractivity contribution is 9.09. The summed E-state index contributed by atoms with van der Waals surface area (Å²) in [5.74, 6) is 0.719. The van der Waals surface area contributed by atoms with Crippen molar-refractivity contribution in [2.24, 2.45) is 5.92 Å². The number of hydrogen-bond acceptors (Lipinski definition) is 0. The molecule has 0 aromatic heterocycles. The van der Waals surface area contributed by atoms with Crippen LogP contribution in [0, 0.1) is 5.92 Å². The summed E-state index contributed by atoms with van der Waals surface area (Å²) in [4.78, 5) is 0. The van der Waals surface area contributed by atoms with Gasteiger partial charge in [-0.3, -0.25) is 0 Å². The van der Waals surface area contributed by atoms with Crippen LogP contribution in [0.1, 0.15) is 18.9 Å². The van der Waals surface area contributed by atoms with Crippen molar-refractivity contribution < 1.29 is 0 Å². The summed E-state index contributed by atoms with van der Waals surface area (Å²) in [6, 6.07) is 8.07. The molecule has 0 aliphatic heterocycles. The van der Waals surface area contributed by atoms with Gasteiger partial charge in [0.15, 0.2) is 0 Å². The third-order valence-electron chi connectivity index (χ3n) is 2.13. The van der Waals surface area contributed by atoms with E-state index < -0.39 is 0 Å². The average molecular weight is 262 g/mol. The van der Waals surface area contributed by atoms with Crippen molar-refractivity contribution >= 4 is 27.5 Å². The zero-order chi connectivity index (χ0) is 9.68. The first kappa shape index (κ1) is 11.1. The van der Waals surface area contributed by atoms with E-state index in [2.05, 4.69) is 28.9 Å². The van der Waals surface area contributed by atoms with E-state index in [-0.39, 0.29) is 0 Å². The van der Waals surface area contributed by atoms with E-state index in [1.807, 2.05) is 18.2 Å². The van der Waals surface area contributed by atoms with Crippen LogP contribution in [0.2, 0.25) is 5.02 Å². The van der Waals surface area contributed by atoms with Crippen LogP contribution in [0.15, 0.2) is 24.3 Å². The molecule has 1 unspecified atom stereocenters. The van der Waals surface area contributed by atoms with Crippen LogP contribution in [0.5, 0.6) is 0 Å². The highest BCUT2D eigenvalue weighted by atomic mass is 79.9. The third-order valence-corrected chi connectivity index (χ3v) is 3.60. The summed E-state index contributed by atoms with van der Waals surface area (Å²) in [7, 11) is 0. The Kier molecular flexibility index (Phi) is 4.82. The van der Waals surface area contributed by atoms with Crippen molar-refractivity contribution in [3.05, 3.63) is 34.9 Å². The Labute approximate surface area is 93.4 Å². The molecule has 72 valence electrons. The number of halogens is 2. The normalized spacial score (nSPS) is 12.8. The van der Waals surface area contributed by atoms with E-state index in [4.69, 9.17) is 11.6 Å². The average Bonchev–Trinajstić information content (AvgIpc) is 2.16. The molecule has 0 nitrogen and oxygen atoms in total. The topological polar surface area (TPSA) is 0 Å². The molecular formula is C11H14BrCl. The third kappa shape index (κ3) is 3.70. The predicted octanol–water partition coefficient (Wildman–Crippen LogP) is 4.30. The van der Waals surface area contributed by atoms with Crippen molar-refractivity contribution in [2.45, 2.75) is 19.8 Å². The predicted molar refractivity (Wildman–Crippen MR) is 62.7 cm³/mol. The van der Waals surface area contributed by atoms with E-state index >= 15 is 0 Å². The van der Waals surface area contributed by atoms with E-state index in [0.29, 0.717) is 0 Å². The van der Waals surface area contributed by atoms with E-state index in [0.717, 1.165) is 22.7 Å². The number of hydrogen-bond donors (Lipinski definition) is 0. The fraction of sp³-hybridized carbons (Fsp3) is 0.455. The molecule has 0 heterocycles. The molecule has 0 radical (unpaired) electrons. The van der Waals surface area contributed by atoms with Gasteiger partial charge in [0.05, 0.1) is 0 Å². The van der Waals surface area contributed by atoms with Gasteiger partial charge in [0, 0.05) is 10.4 Å². The molecule has 0 fully saturated rings. The summed E-state index contributed by atoms with van der Waals surface area (Å²) >= 11 is 9.51. The van der Waals surface area contributed by atoms with Gasteiger partial charge in [-0.25, -0.2) is 0 Å². The molecule has 0 saturated heterocycles. The minimum atomic E-state index is 0.719. The summed E-state index contributed by atoms with van der Waals surface area (Å²) in [5.41, 5.74) is 1.26. The van der Waals surface area contributed by atoms with Crippen molar-refractivity contribution in [1.82, 2.24) is 0 Å². The lowest BCUT2D eigenvalue weighted by atomic mass is 10.0. The number of rotatable bonds is 4. The molecule has 13 heavy (non-hydrogen) atoms. The molecule has 1 aromatic carbocycles. The molecule has 0 aliphatic rings. The molecule has 0 amide bonds. The summed E-state index contributed by atoms with van der Waals surface area (Å²) in [6.07, 6.45) is 2.27. The van der Waals surface area contributed by atoms with Crippen molar-refractivity contribution in [1.29, 1.82) is 0 Å². The van der Waals surface area contributed by atoms with E-state index in [1.54, 1.807) is 0 Å². The van der Waals surface area contributed by atoms with Crippen LogP contribution >= 0.6 is 27.5 Å². The van der Waals surface area contributed by atoms with Gasteiger partial charge in [0.2, 0.25) is 0 Å². The van der Waals surface area contributed by atoms with Crippen LogP contribution in [0.25, 0.3) is 0 Å². The molecule has 0 spiro atoms. The van der Waals surface area contributed by atoms with E-state index in [9.17, 15) is 0 Å². The molecule has 0 bridgehead atoms. The zero-order valence-electron chi connectivity index (χ0n) is 7.76. The number of aryl methyl sites for hydroxylation is 1. The lowest BCUT2D eigenvalue weighted by molar-refractivity contribution is 0.600. The molecule has 1 aromatic rings. The van der Waals surface area contributed by atoms with Crippen molar-refractivity contribution in [2.75, 3.05) is 5.33 Å². The molecule has 0 N–H and O–H groups in total. The Morgan fingerprint density at radius 1 is 1.38 bits per heavy atom. The van der Waals surface area contributed by atoms with Crippen LogP contribution < -0.4 is 0 Å². The molecule has 1 atom stereocenters. The second kappa shape index (κ2) is 5.66. The van der Waals surface area contributed by atoms with Crippen molar-refractivity contribution in [3.8, 4) is 0 Å². The Morgan fingerprint density at radius 2 is 2.08 bits per heavy atom. The van der Waals surface area contributed by atoms with Gasteiger partial charge in [0.25, 0.3) is 0 Å². The molecule has 0 saturated carbocycles. The fourth-order valence-electron chi connectivity index (χ4n) is 1.18. The smallest absolute Gasteiger partial charge is 0.0437 e. The van der Waals surface area contributed by atoms with Gasteiger partial charge in [0.1, 0.15) is 0 Å². The van der Waals surface area contributed by atoms with Crippen molar-refractivity contribution in [3.63, 3.8) is 0 Å². The molecule has 2 heteroatoms. The maximum atomic E-state index is 6.04. The molecule has 0 aliphatic carbocycles. The van der Waals surface area contributed by atoms with Crippen LogP contribution in [0.3, 0.4) is 0 Å². The lowest BCUT2D eigenvalue weighted by Crippen LogP contribution is -1.98. The summed E-state index contributed by atoms with van der Waals surface area (Å²) in [6.45, 7) is 2.24. The van der Waals surface area contributed by atoms with Gasteiger partial charge in [-0.15, -0.1) is 0 Å². The first-order valence-electron chi connectivity index (χ1n) is 4.53. The first-order chi connectivity index (χ1) is 6.24. The quantitative estimate of drug-likeness (QED) is 0.709. The lowest BCUT2D eigenvalue weighted by Gasteiger charge is -2.07. The zero-order valence-corrected chi connectivity index (χ0v) is 10.1. The number of benzene rings is 1. The minimum Gasteiger partial charge on any atom is -0.0925 e. The van der Waals surface area contributed by atoms with E-state index in [1.165, 1.54) is 12.0 Å². The second-order valence-corrected chi connectivity index (χ2v) is 4.44. The Bertz CT molecular complexity index is 260. The van der Waals surface area contributed by atoms with Gasteiger partial charge in [-0.2, -0.15) is 0 Å². The standard InChI is InChI=1S/C11H14BrCl/c1-9(8-12)6-7-10-4-2-3-5-11(10)13/h2-5,9H,6-8H2,1H3. The van der Waals surface area contributed by atoms with Crippen LogP contribution in [-0.4, -0.2) is 5.33 Å². The van der Waals surface area contributed by atoms with Gasteiger partial charge in [-0.1, -0.05) is 52.7 Å². The van der Waals surface area contributed by atoms with Gasteiger partial charge < -0.3 is 0 Å². The number of alkyl halides is 1. The summed E-state index contributed by atoms with van der Waals surface area (Å²) < 4.78 is 0. The fourth-order valence-corrected chi connectivity index (χ4v) is 1.73. The maximum Gasteiger partial charge on any atom is 0.0437 e. The maximum absolute atomic E-state index is 6.04. The summed E-state index contributed by atoms with van der Waals surface area (Å²) in [5, 5.41) is 1.96. The monoisotopic (exact) mass is 260 g/mol. The first-order valence-corrected chi connectivity index (χ1v) is 6.03. The highest BCUT2D eigenvalue weighted by Gasteiger charge is 2.02. The highest BCUT2D eigenvalue weighted by Crippen LogP contribution is 2.19. The molecule has 1 rings (SSSR count). The van der Waals surface area contributed by atoms with Crippen LogP contribution in [0.4, 0.5) is 0 Å². The SMILES string of the molecule is CC(CBr)CCc1ccccc1Cl. The molecular weight excluding hydrogens is 247 g/mol. The minimum absolute atomic E-state index is 0.719. The largest absolute Gasteiger partial charge is 0.0925 e. The Hall–Kier alpha value is -0.0100.